The number of nitrogens with zero attached hydrogens (tertiary/aromatic N) is 2. The lowest BCUT2D eigenvalue weighted by atomic mass is 9.97. The number of fused-ring (bicyclic) bond motifs is 3. The number of carboxylic acid groups (broad SMARTS) is 1. The number of hydrogen-bond acceptors (Lipinski definition) is 8. The van der Waals surface area contributed by atoms with Crippen LogP contribution < -0.4 is 0 Å². The Labute approximate surface area is 201 Å². The van der Waals surface area contributed by atoms with Gasteiger partial charge in [-0.25, -0.2) is 19.2 Å². The minimum atomic E-state index is -1.07. The molecule has 11 heteroatoms. The molecule has 0 aromatic heterocycles. The molecule has 4 heterocycles. The molecule has 4 aliphatic heterocycles. The summed E-state index contributed by atoms with van der Waals surface area (Å²) >= 11 is 0. The number of β-amino-alcohol motifs (C(OH)–C–C–N with tert-alkyl or cyclic N) is 1. The van der Waals surface area contributed by atoms with Gasteiger partial charge in [-0.05, 0) is 67.2 Å². The van der Waals surface area contributed by atoms with Gasteiger partial charge in [0, 0.05) is 0 Å². The number of ether oxygens (including phenoxy) is 3. The topological polar surface area (TPSA) is 143 Å². The largest absolute Gasteiger partial charge is 0.480 e. The van der Waals surface area contributed by atoms with Gasteiger partial charge >= 0.3 is 24.1 Å². The van der Waals surface area contributed by atoms with Crippen molar-refractivity contribution >= 4 is 24.1 Å². The monoisotopic (exact) mass is 488 g/mol. The summed E-state index contributed by atoms with van der Waals surface area (Å²) in [5.74, 6) is -1.36. The van der Waals surface area contributed by atoms with Crippen LogP contribution in [0.1, 0.15) is 74.7 Å². The molecule has 34 heavy (non-hydrogen) atoms. The Morgan fingerprint density at radius 1 is 0.882 bits per heavy atom. The van der Waals surface area contributed by atoms with Crippen LogP contribution in [0.4, 0.5) is 9.59 Å². The molecule has 0 spiro atoms. The number of morpholine rings is 1. The standard InChI is InChI=1S/C11H19NO5.C11H17NO4.CH4/c1-11(2,3)17-10(16)12-6-7(13)4-5-8(12)9(14)15;1-11(2,3)16-10(14)12-6-7-4-5-8(12)9(13)15-7;/h7-8,13H,4-6H2,1-3H3,(H,14,15);7-8H,4-6H2,1-3H3;1H4/t2*7-,8-;/m00./s1. The van der Waals surface area contributed by atoms with Gasteiger partial charge in [-0.1, -0.05) is 7.43 Å². The van der Waals surface area contributed by atoms with Crippen molar-refractivity contribution in [1.82, 2.24) is 9.80 Å². The van der Waals surface area contributed by atoms with E-state index in [9.17, 15) is 24.3 Å². The lowest BCUT2D eigenvalue weighted by molar-refractivity contribution is -0.174. The summed E-state index contributed by atoms with van der Waals surface area (Å²) in [4.78, 5) is 48.7. The van der Waals surface area contributed by atoms with Gasteiger partial charge in [0.1, 0.15) is 29.4 Å². The maximum absolute atomic E-state index is 11.8. The number of aliphatic hydroxyl groups is 1. The summed E-state index contributed by atoms with van der Waals surface area (Å²) in [6.45, 7) is 11.0. The van der Waals surface area contributed by atoms with Crippen LogP contribution in [-0.2, 0) is 23.8 Å². The molecule has 2 amide bonds. The number of aliphatic carboxylic acids is 1. The minimum absolute atomic E-state index is 0. The van der Waals surface area contributed by atoms with Gasteiger partial charge in [0.2, 0.25) is 0 Å². The van der Waals surface area contributed by atoms with Crippen molar-refractivity contribution in [2.45, 2.75) is 110 Å². The predicted octanol–water partition coefficient (Wildman–Crippen LogP) is 2.78. The summed E-state index contributed by atoms with van der Waals surface area (Å²) in [5.41, 5.74) is -1.21. The Morgan fingerprint density at radius 2 is 1.41 bits per heavy atom. The molecule has 0 unspecified atom stereocenters. The van der Waals surface area contributed by atoms with Crippen LogP contribution in [0.15, 0.2) is 0 Å². The molecule has 0 aromatic rings. The van der Waals surface area contributed by atoms with Crippen molar-refractivity contribution in [3.63, 3.8) is 0 Å². The van der Waals surface area contributed by atoms with Gasteiger partial charge < -0.3 is 24.4 Å². The van der Waals surface area contributed by atoms with E-state index in [2.05, 4.69) is 0 Å². The quantitative estimate of drug-likeness (QED) is 0.420. The molecule has 4 rings (SSSR count). The highest BCUT2D eigenvalue weighted by Crippen LogP contribution is 2.28. The average molecular weight is 489 g/mol. The maximum Gasteiger partial charge on any atom is 0.411 e. The third kappa shape index (κ3) is 8.34. The van der Waals surface area contributed by atoms with Crippen molar-refractivity contribution in [1.29, 1.82) is 0 Å². The first-order valence-corrected chi connectivity index (χ1v) is 11.2. The first kappa shape index (κ1) is 29.5. The zero-order valence-electron chi connectivity index (χ0n) is 20.2. The van der Waals surface area contributed by atoms with Crippen LogP contribution in [0.5, 0.6) is 0 Å². The van der Waals surface area contributed by atoms with Gasteiger partial charge in [0.25, 0.3) is 0 Å². The van der Waals surface area contributed by atoms with Crippen LogP contribution in [0.25, 0.3) is 0 Å². The summed E-state index contributed by atoms with van der Waals surface area (Å²) in [6.07, 6.45) is 0.218. The fraction of sp³-hybridized carbons (Fsp3) is 0.826. The summed E-state index contributed by atoms with van der Waals surface area (Å²) < 4.78 is 15.5. The van der Waals surface area contributed by atoms with Crippen molar-refractivity contribution < 1.29 is 43.6 Å². The van der Waals surface area contributed by atoms with E-state index in [0.29, 0.717) is 19.4 Å². The second-order valence-corrected chi connectivity index (χ2v) is 10.5. The Kier molecular flexibility index (Phi) is 9.75. The van der Waals surface area contributed by atoms with Gasteiger partial charge in [0.15, 0.2) is 0 Å². The average Bonchev–Trinajstić information content (AvgIpc) is 2.65. The molecular formula is C23H40N2O9. The number of likely N-dealkylation sites (tertiary alicyclic amines) is 1. The third-order valence-corrected chi connectivity index (χ3v) is 5.19. The van der Waals surface area contributed by atoms with E-state index < -0.39 is 47.5 Å². The fourth-order valence-corrected chi connectivity index (χ4v) is 3.77. The molecule has 4 atom stereocenters. The predicted molar refractivity (Wildman–Crippen MR) is 122 cm³/mol. The number of aliphatic hydroxyl groups excluding tert-OH is 1. The third-order valence-electron chi connectivity index (χ3n) is 5.19. The minimum Gasteiger partial charge on any atom is -0.480 e. The first-order chi connectivity index (χ1) is 15.1. The van der Waals surface area contributed by atoms with Gasteiger partial charge in [0.05, 0.1) is 19.2 Å². The van der Waals surface area contributed by atoms with E-state index in [1.807, 2.05) is 20.8 Å². The van der Waals surface area contributed by atoms with E-state index >= 15 is 0 Å². The number of carbonyl (C=O) groups excluding carboxylic acids is 3. The Bertz CT molecular complexity index is 757. The highest BCUT2D eigenvalue weighted by Gasteiger charge is 2.45. The molecule has 11 nitrogen and oxygen atoms in total. The number of piperidine rings is 2. The van der Waals surface area contributed by atoms with Crippen LogP contribution in [0.2, 0.25) is 0 Å². The van der Waals surface area contributed by atoms with Crippen molar-refractivity contribution in [2.75, 3.05) is 13.1 Å². The van der Waals surface area contributed by atoms with Crippen LogP contribution >= 0.6 is 0 Å². The van der Waals surface area contributed by atoms with Crippen molar-refractivity contribution in [3.05, 3.63) is 0 Å². The maximum atomic E-state index is 11.8. The molecular weight excluding hydrogens is 448 g/mol. The zero-order valence-corrected chi connectivity index (χ0v) is 20.2. The molecule has 4 aliphatic rings. The lowest BCUT2D eigenvalue weighted by Gasteiger charge is -2.43. The van der Waals surface area contributed by atoms with Gasteiger partial charge in [-0.15, -0.1) is 0 Å². The Balaban J connectivity index is 0.000000331. The van der Waals surface area contributed by atoms with Crippen LogP contribution in [0.3, 0.4) is 0 Å². The zero-order chi connectivity index (χ0) is 25.1. The normalized spacial score (nSPS) is 26.4. The highest BCUT2D eigenvalue weighted by atomic mass is 16.6. The molecule has 2 bridgehead atoms. The number of carbonyl (C=O) groups is 4. The molecule has 0 radical (unpaired) electrons. The summed E-state index contributed by atoms with van der Waals surface area (Å²) in [7, 11) is 0. The first-order valence-electron chi connectivity index (χ1n) is 11.2. The molecule has 0 aromatic carbocycles. The molecule has 2 N–H and O–H groups in total. The van der Waals surface area contributed by atoms with E-state index in [-0.39, 0.29) is 32.5 Å². The molecule has 0 aliphatic carbocycles. The van der Waals surface area contributed by atoms with Crippen molar-refractivity contribution in [2.24, 2.45) is 0 Å². The number of amides is 2. The van der Waals surface area contributed by atoms with Crippen LogP contribution in [0, 0.1) is 0 Å². The number of rotatable bonds is 1. The Morgan fingerprint density at radius 3 is 1.85 bits per heavy atom. The molecule has 4 fully saturated rings. The number of hydrogen-bond donors (Lipinski definition) is 2. The summed E-state index contributed by atoms with van der Waals surface area (Å²) in [6, 6.07) is -1.35. The highest BCUT2D eigenvalue weighted by molar-refractivity contribution is 5.83. The SMILES string of the molecule is C.CC(C)(C)OC(=O)N1C[C@@H](O)CC[C@H]1C(=O)O.CC(C)(C)OC(=O)N1C[C@@H]2CC[C@H]1C(=O)O2. The smallest absolute Gasteiger partial charge is 0.411 e. The van der Waals surface area contributed by atoms with E-state index in [1.54, 1.807) is 20.8 Å². The molecule has 0 saturated carbocycles. The van der Waals surface area contributed by atoms with E-state index in [0.717, 1.165) is 11.3 Å². The van der Waals surface area contributed by atoms with Gasteiger partial charge in [-0.2, -0.15) is 0 Å². The fourth-order valence-electron chi connectivity index (χ4n) is 3.77. The number of esters is 1. The lowest BCUT2D eigenvalue weighted by Crippen LogP contribution is -2.59. The summed E-state index contributed by atoms with van der Waals surface area (Å²) in [5, 5.41) is 18.5. The molecule has 4 saturated heterocycles. The Hall–Kier alpha value is -2.56. The number of carboxylic acids is 1. The van der Waals surface area contributed by atoms with Gasteiger partial charge in [-0.3, -0.25) is 9.80 Å². The van der Waals surface area contributed by atoms with Crippen LogP contribution in [-0.4, -0.2) is 92.7 Å². The second-order valence-electron chi connectivity index (χ2n) is 10.5. The van der Waals surface area contributed by atoms with Crippen molar-refractivity contribution in [3.8, 4) is 0 Å². The molecule has 196 valence electrons. The van der Waals surface area contributed by atoms with E-state index in [4.69, 9.17) is 19.3 Å². The van der Waals surface area contributed by atoms with E-state index in [1.165, 1.54) is 4.90 Å². The second kappa shape index (κ2) is 11.2.